The third-order valence-electron chi connectivity index (χ3n) is 27.2. The van der Waals surface area contributed by atoms with Crippen LogP contribution in [0.2, 0.25) is 0 Å². The first-order valence-corrected chi connectivity index (χ1v) is 59.0. The van der Waals surface area contributed by atoms with Crippen LogP contribution in [0, 0.1) is 58.7 Å². The molecule has 3 aromatic carbocycles. The standard InChI is InChI=1S/C11H18O2.2C10H18.C10H12.C9H13N.C9H10O.C9H10.C7H12O.C7H10O.C6H8.2C4H10.C3H6O.14C2H6.6CH4/c1-7-5-4-6-8-9(7)10(12)13-11(8,2)3;3*1-2-6-10-8-4-3-7-9(10)5-1;1-10-7-6-8-4-2-3-5-9(8)10;1-2-6-9-8(4-1)5-3-7-10-9;1-2-5-9-7-3-6-8(9)4-1;2*1-5-4-6-2-3-7(5)8-6;1-6(2)4-3-5(4)6;2*1-3-4-2;1-2-4-3-1;14*1-2;;;;;;/h7-9H,4-6H2,1-3H3;2*9-10H,1-8H2;1-2,5-6H,3-4,7-8H2;6-7H,2-5H2,1H3;1-2,4,6H,3,5,7H2;1-2,4-5H,3,6-7H2;5-7H,2-4H2,1H3;2-3,5-7H,4H2,1H3;3H2,1-2H3;2*3-4H2,1-2H3;1-3H2;14*1-2H3;6*1H4. The molecule has 836 valence electrons. The summed E-state index contributed by atoms with van der Waals surface area (Å²) >= 11 is 0. The molecular weight excluding hydrogens is 1710 g/mol. The summed E-state index contributed by atoms with van der Waals surface area (Å²) in [6, 6.07) is 28.0. The first kappa shape index (κ1) is 161. The Bertz CT molecular complexity index is 2970. The monoisotopic (exact) mass is 1970 g/mol. The number of carbonyl (C=O) groups excluding carboxylic acids is 1. The predicted octanol–water partition coefficient (Wildman–Crippen LogP) is 44.6. The van der Waals surface area contributed by atoms with Crippen molar-refractivity contribution >= 4 is 5.97 Å². The molecule has 21 rings (SSSR count). The Morgan fingerprint density at radius 1 is 0.343 bits per heavy atom. The van der Waals surface area contributed by atoms with Gasteiger partial charge in [-0.05, 0) is 236 Å². The largest absolute Gasteiger partial charge is 0.493 e. The van der Waals surface area contributed by atoms with Crippen LogP contribution in [0.1, 0.15) is 578 Å². The van der Waals surface area contributed by atoms with E-state index < -0.39 is 0 Å². The summed E-state index contributed by atoms with van der Waals surface area (Å²) in [5.41, 5.74) is 14.7. The molecule has 5 saturated heterocycles. The molecule has 0 spiro atoms. The van der Waals surface area contributed by atoms with E-state index >= 15 is 0 Å². The highest BCUT2D eigenvalue weighted by Crippen LogP contribution is 2.70. The van der Waals surface area contributed by atoms with Crippen LogP contribution in [0.25, 0.3) is 0 Å². The number of unbranched alkanes of at least 4 members (excludes halogenated alkanes) is 2. The molecule has 7 heteroatoms. The van der Waals surface area contributed by atoms with Crippen molar-refractivity contribution in [2.24, 2.45) is 65.7 Å². The van der Waals surface area contributed by atoms with Crippen LogP contribution >= 0.6 is 0 Å². The lowest BCUT2D eigenvalue weighted by Crippen LogP contribution is -2.34. The number of fused-ring (bicyclic) bond motifs is 11. The van der Waals surface area contributed by atoms with E-state index in [4.69, 9.17) is 23.7 Å². The van der Waals surface area contributed by atoms with E-state index in [1.165, 1.54) is 211 Å². The van der Waals surface area contributed by atoms with Crippen LogP contribution in [-0.2, 0) is 75.7 Å². The van der Waals surface area contributed by atoms with Crippen molar-refractivity contribution in [1.29, 1.82) is 0 Å². The summed E-state index contributed by atoms with van der Waals surface area (Å²) < 4.78 is 28.9. The average molecular weight is 1970 g/mol. The Kier molecular flexibility index (Phi) is 125. The first-order valence-electron chi connectivity index (χ1n) is 59.0. The number of hydrogen-bond donors (Lipinski definition) is 0. The van der Waals surface area contributed by atoms with E-state index in [1.54, 1.807) is 96.0 Å². The minimum atomic E-state index is -0.212. The summed E-state index contributed by atoms with van der Waals surface area (Å²) in [6.45, 7) is 83.0. The Morgan fingerprint density at radius 2 is 0.686 bits per heavy atom. The highest BCUT2D eigenvalue weighted by Gasteiger charge is 2.56. The third kappa shape index (κ3) is 65.3. The van der Waals surface area contributed by atoms with Crippen molar-refractivity contribution in [1.82, 2.24) is 4.57 Å². The van der Waals surface area contributed by atoms with Crippen LogP contribution in [0.4, 0.5) is 0 Å². The zero-order valence-electron chi connectivity index (χ0n) is 98.0. The normalized spacial score (nSPS) is 23.3. The minimum Gasteiger partial charge on any atom is -0.493 e. The van der Waals surface area contributed by atoms with Crippen molar-refractivity contribution in [2.45, 2.75) is 614 Å². The van der Waals surface area contributed by atoms with Crippen LogP contribution < -0.4 is 4.74 Å². The van der Waals surface area contributed by atoms with E-state index in [1.807, 2.05) is 220 Å². The number of aryl methyl sites for hydroxylation is 7. The highest BCUT2D eigenvalue weighted by atomic mass is 16.6. The predicted molar refractivity (Wildman–Crippen MR) is 646 cm³/mol. The van der Waals surface area contributed by atoms with Crippen LogP contribution in [-0.4, -0.2) is 60.4 Å². The zero-order valence-corrected chi connectivity index (χ0v) is 98.0. The summed E-state index contributed by atoms with van der Waals surface area (Å²) in [6.07, 6.45) is 67.2. The number of benzene rings is 3. The second kappa shape index (κ2) is 109. The molecule has 8 heterocycles. The minimum absolute atomic E-state index is 0. The third-order valence-corrected chi connectivity index (χ3v) is 27.2. The molecule has 10 aliphatic carbocycles. The SMILES string of the molecule is C.C.C.C.C.C.C1CCC2CCCCC2C1.C1CCC2CCCCC2C1.C1COC1.CC.CC.CC.CC.CC.CC.CC.CC.CC.CC.CC.CC.CC.CC.CC1(C)C2=C1C2.CC1CC2C=CC1O2.CC1CC2CCC1O2.CC1CCCC2C1C(=O)OC2(C)C.CCCC.CCCC.Cn1ccc2c1CCCC2.c1ccc2c(c1)CCC2.c1ccc2c(c1)CCCC2.c1ccc2c(c1)CCCO2. The lowest BCUT2D eigenvalue weighted by atomic mass is 9.69. The maximum absolute atomic E-state index is 11.6. The number of rotatable bonds is 2. The van der Waals surface area contributed by atoms with E-state index in [2.05, 4.69) is 159 Å². The number of cyclic esters (lactones) is 1. The molecule has 140 heavy (non-hydrogen) atoms. The van der Waals surface area contributed by atoms with Crippen molar-refractivity contribution < 1.29 is 28.5 Å². The fourth-order valence-corrected chi connectivity index (χ4v) is 19.6. The zero-order chi connectivity index (χ0) is 103. The van der Waals surface area contributed by atoms with Crippen LogP contribution in [0.15, 0.2) is 108 Å². The molecule has 0 N–H and O–H groups in total. The molecule has 5 saturated carbocycles. The topological polar surface area (TPSA) is 68.2 Å². The van der Waals surface area contributed by atoms with Gasteiger partial charge in [0.15, 0.2) is 0 Å². The molecule has 4 aromatic rings. The molecule has 9 atom stereocenters. The molecule has 0 radical (unpaired) electrons. The van der Waals surface area contributed by atoms with Crippen molar-refractivity contribution in [3.63, 3.8) is 0 Å². The molecule has 9 unspecified atom stereocenters. The van der Waals surface area contributed by atoms with E-state index in [-0.39, 0.29) is 62.0 Å². The second-order valence-electron chi connectivity index (χ2n) is 36.1. The van der Waals surface area contributed by atoms with Gasteiger partial charge in [0.2, 0.25) is 0 Å². The van der Waals surface area contributed by atoms with Gasteiger partial charge in [0.25, 0.3) is 0 Å². The number of allylic oxidation sites excluding steroid dienone is 2. The van der Waals surface area contributed by atoms with Gasteiger partial charge in [0.05, 0.1) is 36.9 Å². The Hall–Kier alpha value is -4.43. The van der Waals surface area contributed by atoms with E-state index in [0.717, 1.165) is 73.9 Å². The molecule has 10 fully saturated rings. The Morgan fingerprint density at radius 3 is 0.950 bits per heavy atom. The fourth-order valence-electron chi connectivity index (χ4n) is 19.6. The summed E-state index contributed by atoms with van der Waals surface area (Å²) in [5.74, 6) is 8.53. The maximum atomic E-state index is 11.6. The molecular formula is C133H263NO6. The van der Waals surface area contributed by atoms with Gasteiger partial charge in [-0.3, -0.25) is 4.79 Å². The molecule has 7 nitrogen and oxygen atoms in total. The molecule has 4 bridgehead atoms. The number of hydrogen-bond acceptors (Lipinski definition) is 6. The lowest BCUT2D eigenvalue weighted by Gasteiger charge is -2.35. The van der Waals surface area contributed by atoms with Gasteiger partial charge in [-0.2, -0.15) is 0 Å². The number of nitrogens with zero attached hydrogens (tertiary/aromatic N) is 1. The van der Waals surface area contributed by atoms with E-state index in [9.17, 15) is 4.79 Å². The average Bonchev–Trinajstić information content (AvgIpc) is 1.51. The van der Waals surface area contributed by atoms with Gasteiger partial charge in [-0.15, -0.1) is 0 Å². The highest BCUT2D eigenvalue weighted by molar-refractivity contribution is 5.76. The summed E-state index contributed by atoms with van der Waals surface area (Å²) in [5, 5.41) is 0. The van der Waals surface area contributed by atoms with Crippen molar-refractivity contribution in [2.75, 3.05) is 19.8 Å². The van der Waals surface area contributed by atoms with Crippen LogP contribution in [0.5, 0.6) is 5.75 Å². The molecule has 0 amide bonds. The molecule has 1 aromatic heterocycles. The quantitative estimate of drug-likeness (QED) is 0.147. The number of aromatic nitrogens is 1. The van der Waals surface area contributed by atoms with Crippen molar-refractivity contribution in [3.8, 4) is 5.75 Å². The summed E-state index contributed by atoms with van der Waals surface area (Å²) in [4.78, 5) is 11.6. The smallest absolute Gasteiger partial charge is 0.310 e. The van der Waals surface area contributed by atoms with Gasteiger partial charge in [0, 0.05) is 43.5 Å². The summed E-state index contributed by atoms with van der Waals surface area (Å²) in [7, 11) is 2.14. The Balaban J connectivity index is -0.000000125. The van der Waals surface area contributed by atoms with Gasteiger partial charge in [-0.1, -0.05) is 526 Å². The number of ether oxygens (including phenoxy) is 5. The number of carbonyl (C=O) groups is 1. The molecule has 7 aliphatic heterocycles. The van der Waals surface area contributed by atoms with Crippen LogP contribution in [0.3, 0.4) is 0 Å². The van der Waals surface area contributed by atoms with E-state index in [0.29, 0.717) is 41.7 Å². The fraction of sp³-hybridized carbons (Fsp3) is 0.797. The van der Waals surface area contributed by atoms with Gasteiger partial charge in [0.1, 0.15) is 11.4 Å². The number of para-hydroxylation sites is 1. The van der Waals surface area contributed by atoms with Gasteiger partial charge < -0.3 is 28.3 Å². The van der Waals surface area contributed by atoms with Crippen molar-refractivity contribution in [3.05, 3.63) is 147 Å². The number of esters is 1. The molecule has 17 aliphatic rings. The first-order chi connectivity index (χ1) is 65.5. The maximum Gasteiger partial charge on any atom is 0.310 e. The van der Waals surface area contributed by atoms with Gasteiger partial charge in [-0.25, -0.2) is 0 Å². The lowest BCUT2D eigenvalue weighted by molar-refractivity contribution is -0.149. The Labute approximate surface area is 886 Å². The second-order valence-corrected chi connectivity index (χ2v) is 36.1. The van der Waals surface area contributed by atoms with Gasteiger partial charge >= 0.3 is 5.97 Å².